The first-order valence-electron chi connectivity index (χ1n) is 9.09. The molecule has 0 spiro atoms. The van der Waals surface area contributed by atoms with Gasteiger partial charge in [-0.3, -0.25) is 9.59 Å². The predicted octanol–water partition coefficient (Wildman–Crippen LogP) is 2.17. The Bertz CT molecular complexity index is 547. The SMILES string of the molecule is O=C(CC(=O)N1CCN(c2ccccc2)CC1)NC1CCCCC1. The monoisotopic (exact) mass is 329 g/mol. The van der Waals surface area contributed by atoms with Gasteiger partial charge in [-0.05, 0) is 25.0 Å². The summed E-state index contributed by atoms with van der Waals surface area (Å²) in [4.78, 5) is 28.5. The average molecular weight is 329 g/mol. The number of rotatable bonds is 4. The molecular weight excluding hydrogens is 302 g/mol. The number of benzene rings is 1. The fraction of sp³-hybridized carbons (Fsp3) is 0.579. The highest BCUT2D eigenvalue weighted by Crippen LogP contribution is 2.18. The van der Waals surface area contributed by atoms with Gasteiger partial charge in [-0.2, -0.15) is 0 Å². The molecule has 1 N–H and O–H groups in total. The maximum atomic E-state index is 12.3. The molecule has 0 aromatic heterocycles. The first-order chi connectivity index (χ1) is 11.7. The van der Waals surface area contributed by atoms with E-state index in [9.17, 15) is 9.59 Å². The molecule has 24 heavy (non-hydrogen) atoms. The van der Waals surface area contributed by atoms with Crippen LogP contribution in [0.25, 0.3) is 0 Å². The van der Waals surface area contributed by atoms with Gasteiger partial charge >= 0.3 is 0 Å². The van der Waals surface area contributed by atoms with Crippen molar-refractivity contribution in [3.8, 4) is 0 Å². The number of carbonyl (C=O) groups is 2. The first-order valence-corrected chi connectivity index (χ1v) is 9.09. The Morgan fingerprint density at radius 2 is 1.62 bits per heavy atom. The maximum Gasteiger partial charge on any atom is 0.232 e. The summed E-state index contributed by atoms with van der Waals surface area (Å²) >= 11 is 0. The summed E-state index contributed by atoms with van der Waals surface area (Å²) in [7, 11) is 0. The van der Waals surface area contributed by atoms with E-state index in [0.29, 0.717) is 13.1 Å². The second-order valence-corrected chi connectivity index (χ2v) is 6.78. The lowest BCUT2D eigenvalue weighted by atomic mass is 9.95. The van der Waals surface area contributed by atoms with Gasteiger partial charge in [-0.25, -0.2) is 0 Å². The number of nitrogens with one attached hydrogen (secondary N) is 1. The zero-order chi connectivity index (χ0) is 16.8. The lowest BCUT2D eigenvalue weighted by Gasteiger charge is -2.36. The van der Waals surface area contributed by atoms with Crippen molar-refractivity contribution in [1.82, 2.24) is 10.2 Å². The molecule has 0 bridgehead atoms. The number of piperazine rings is 1. The van der Waals surface area contributed by atoms with Crippen LogP contribution < -0.4 is 10.2 Å². The Kier molecular flexibility index (Phi) is 5.72. The summed E-state index contributed by atoms with van der Waals surface area (Å²) in [6.07, 6.45) is 5.71. The van der Waals surface area contributed by atoms with E-state index in [2.05, 4.69) is 22.3 Å². The molecule has 1 aliphatic carbocycles. The van der Waals surface area contributed by atoms with Gasteiger partial charge in [0.05, 0.1) is 0 Å². The van der Waals surface area contributed by atoms with E-state index in [1.165, 1.54) is 24.9 Å². The van der Waals surface area contributed by atoms with Crippen molar-refractivity contribution in [3.05, 3.63) is 30.3 Å². The average Bonchev–Trinajstić information content (AvgIpc) is 2.63. The van der Waals surface area contributed by atoms with Gasteiger partial charge in [0.1, 0.15) is 6.42 Å². The minimum absolute atomic E-state index is 0.0121. The van der Waals surface area contributed by atoms with E-state index < -0.39 is 0 Å². The van der Waals surface area contributed by atoms with Gasteiger partial charge in [-0.15, -0.1) is 0 Å². The minimum Gasteiger partial charge on any atom is -0.368 e. The molecule has 1 aromatic rings. The molecule has 130 valence electrons. The molecular formula is C19H27N3O2. The predicted molar refractivity (Wildman–Crippen MR) is 94.9 cm³/mol. The Hall–Kier alpha value is -2.04. The summed E-state index contributed by atoms with van der Waals surface area (Å²) in [6, 6.07) is 10.5. The van der Waals surface area contributed by atoms with Crippen LogP contribution in [0.1, 0.15) is 38.5 Å². The van der Waals surface area contributed by atoms with E-state index in [-0.39, 0.29) is 24.3 Å². The number of anilines is 1. The molecule has 2 fully saturated rings. The van der Waals surface area contributed by atoms with Crippen molar-refractivity contribution >= 4 is 17.5 Å². The van der Waals surface area contributed by atoms with E-state index in [4.69, 9.17) is 0 Å². The van der Waals surface area contributed by atoms with Gasteiger partial charge in [0, 0.05) is 37.9 Å². The minimum atomic E-state index is -0.114. The molecule has 0 unspecified atom stereocenters. The zero-order valence-corrected chi connectivity index (χ0v) is 14.2. The normalized spacial score (nSPS) is 19.2. The van der Waals surface area contributed by atoms with Crippen LogP contribution in [-0.4, -0.2) is 48.9 Å². The maximum absolute atomic E-state index is 12.3. The Morgan fingerprint density at radius 1 is 0.958 bits per heavy atom. The van der Waals surface area contributed by atoms with Crippen LogP contribution in [0.4, 0.5) is 5.69 Å². The van der Waals surface area contributed by atoms with Crippen molar-refractivity contribution in [3.63, 3.8) is 0 Å². The van der Waals surface area contributed by atoms with Crippen molar-refractivity contribution in [2.24, 2.45) is 0 Å². The van der Waals surface area contributed by atoms with Crippen LogP contribution in [0, 0.1) is 0 Å². The topological polar surface area (TPSA) is 52.7 Å². The van der Waals surface area contributed by atoms with Crippen LogP contribution in [0.3, 0.4) is 0 Å². The summed E-state index contributed by atoms with van der Waals surface area (Å²) in [5, 5.41) is 3.03. The van der Waals surface area contributed by atoms with Gasteiger partial charge in [0.15, 0.2) is 0 Å². The second kappa shape index (κ2) is 8.18. The van der Waals surface area contributed by atoms with Crippen molar-refractivity contribution < 1.29 is 9.59 Å². The van der Waals surface area contributed by atoms with Crippen LogP contribution in [0.5, 0.6) is 0 Å². The van der Waals surface area contributed by atoms with Crippen LogP contribution in [0.15, 0.2) is 30.3 Å². The fourth-order valence-corrected chi connectivity index (χ4v) is 3.63. The highest BCUT2D eigenvalue weighted by molar-refractivity contribution is 5.97. The molecule has 2 aliphatic rings. The molecule has 3 rings (SSSR count). The van der Waals surface area contributed by atoms with Crippen molar-refractivity contribution in [2.75, 3.05) is 31.1 Å². The third kappa shape index (κ3) is 4.49. The summed E-state index contributed by atoms with van der Waals surface area (Å²) < 4.78 is 0. The Labute approximate surface area is 144 Å². The lowest BCUT2D eigenvalue weighted by Crippen LogP contribution is -2.50. The summed E-state index contributed by atoms with van der Waals surface area (Å²) in [5.74, 6) is -0.159. The number of carbonyl (C=O) groups excluding carboxylic acids is 2. The van der Waals surface area contributed by atoms with Crippen molar-refractivity contribution in [2.45, 2.75) is 44.6 Å². The first kappa shape index (κ1) is 16.8. The Balaban J connectivity index is 1.42. The quantitative estimate of drug-likeness (QED) is 0.862. The number of amides is 2. The molecule has 1 saturated carbocycles. The second-order valence-electron chi connectivity index (χ2n) is 6.78. The number of nitrogens with zero attached hydrogens (tertiary/aromatic N) is 2. The zero-order valence-electron chi connectivity index (χ0n) is 14.2. The van der Waals surface area contributed by atoms with Crippen LogP contribution in [0.2, 0.25) is 0 Å². The molecule has 2 amide bonds. The highest BCUT2D eigenvalue weighted by Gasteiger charge is 2.24. The molecule has 1 aliphatic heterocycles. The van der Waals surface area contributed by atoms with Gasteiger partial charge in [-0.1, -0.05) is 37.5 Å². The van der Waals surface area contributed by atoms with Gasteiger partial charge < -0.3 is 15.1 Å². The van der Waals surface area contributed by atoms with Crippen LogP contribution >= 0.6 is 0 Å². The van der Waals surface area contributed by atoms with E-state index in [1.807, 2.05) is 23.1 Å². The number of hydrogen-bond donors (Lipinski definition) is 1. The summed E-state index contributed by atoms with van der Waals surface area (Å²) in [5.41, 5.74) is 1.19. The number of para-hydroxylation sites is 1. The third-order valence-corrected chi connectivity index (χ3v) is 5.04. The highest BCUT2D eigenvalue weighted by atomic mass is 16.2. The standard InChI is InChI=1S/C19H27N3O2/c23-18(20-16-7-3-1-4-8-16)15-19(24)22-13-11-21(12-14-22)17-9-5-2-6-10-17/h2,5-6,9-10,16H,1,3-4,7-8,11-15H2,(H,20,23). The molecule has 1 saturated heterocycles. The molecule has 5 heteroatoms. The molecule has 1 heterocycles. The largest absolute Gasteiger partial charge is 0.368 e. The van der Waals surface area contributed by atoms with E-state index >= 15 is 0 Å². The fourth-order valence-electron chi connectivity index (χ4n) is 3.63. The molecule has 0 atom stereocenters. The van der Waals surface area contributed by atoms with Gasteiger partial charge in [0.2, 0.25) is 11.8 Å². The molecule has 0 radical (unpaired) electrons. The summed E-state index contributed by atoms with van der Waals surface area (Å²) in [6.45, 7) is 3.01. The lowest BCUT2D eigenvalue weighted by molar-refractivity contribution is -0.136. The van der Waals surface area contributed by atoms with Gasteiger partial charge in [0.25, 0.3) is 0 Å². The third-order valence-electron chi connectivity index (χ3n) is 5.04. The molecule has 5 nitrogen and oxygen atoms in total. The van der Waals surface area contributed by atoms with Crippen LogP contribution in [-0.2, 0) is 9.59 Å². The van der Waals surface area contributed by atoms with E-state index in [1.54, 1.807) is 0 Å². The van der Waals surface area contributed by atoms with E-state index in [0.717, 1.165) is 25.9 Å². The number of hydrogen-bond acceptors (Lipinski definition) is 3. The smallest absolute Gasteiger partial charge is 0.232 e. The van der Waals surface area contributed by atoms with Crippen molar-refractivity contribution in [1.29, 1.82) is 0 Å². The Morgan fingerprint density at radius 3 is 2.29 bits per heavy atom. The molecule has 1 aromatic carbocycles.